The lowest BCUT2D eigenvalue weighted by Crippen LogP contribution is -2.00. The zero-order chi connectivity index (χ0) is 23.7. The Hall–Kier alpha value is -4.45. The normalized spacial score (nSPS) is 11.5. The Labute approximate surface area is 192 Å². The highest BCUT2D eigenvalue weighted by Gasteiger charge is 2.17. The van der Waals surface area contributed by atoms with E-state index in [4.69, 9.17) is 9.47 Å². The molecule has 0 spiro atoms. The highest BCUT2D eigenvalue weighted by Crippen LogP contribution is 2.36. The van der Waals surface area contributed by atoms with E-state index in [2.05, 4.69) is 29.9 Å². The smallest absolute Gasteiger partial charge is 0.255 e. The van der Waals surface area contributed by atoms with Gasteiger partial charge in [-0.1, -0.05) is 0 Å². The third-order valence-electron chi connectivity index (χ3n) is 4.60. The van der Waals surface area contributed by atoms with Crippen LogP contribution in [0.5, 0.6) is 23.0 Å². The number of hydrogen-bond acceptors (Lipinski definition) is 9. The maximum absolute atomic E-state index is 14.2. The first kappa shape index (κ1) is 21.4. The third-order valence-corrected chi connectivity index (χ3v) is 5.60. The topological polar surface area (TPSA) is 133 Å². The van der Waals surface area contributed by atoms with E-state index in [-0.39, 0.29) is 16.5 Å². The molecule has 5 rings (SSSR count). The fourth-order valence-corrected chi connectivity index (χ4v) is 3.65. The first-order valence-electron chi connectivity index (χ1n) is 9.79. The number of imidazole rings is 1. The van der Waals surface area contributed by atoms with Crippen LogP contribution < -0.4 is 9.47 Å². The molecule has 5 aromatic rings. The number of H-pyrrole nitrogens is 1. The quantitative estimate of drug-likeness (QED) is 0.360. The summed E-state index contributed by atoms with van der Waals surface area (Å²) in [4.78, 5) is 23.5. The first-order chi connectivity index (χ1) is 16.4. The van der Waals surface area contributed by atoms with Crippen LogP contribution in [0.25, 0.3) is 22.6 Å². The van der Waals surface area contributed by atoms with Crippen molar-refractivity contribution in [1.29, 1.82) is 0 Å². The van der Waals surface area contributed by atoms with E-state index >= 15 is 0 Å². The van der Waals surface area contributed by atoms with Gasteiger partial charge in [-0.25, -0.2) is 28.4 Å². The van der Waals surface area contributed by atoms with Crippen molar-refractivity contribution in [1.82, 2.24) is 29.9 Å². The number of benzene rings is 1. The summed E-state index contributed by atoms with van der Waals surface area (Å²) in [7, 11) is -3.44. The average Bonchev–Trinajstić information content (AvgIpc) is 3.25. The Morgan fingerprint density at radius 3 is 2.50 bits per heavy atom. The molecule has 12 heteroatoms. The van der Waals surface area contributed by atoms with Gasteiger partial charge in [0.05, 0.1) is 17.9 Å². The lowest BCUT2D eigenvalue weighted by Gasteiger charge is -2.10. The van der Waals surface area contributed by atoms with Gasteiger partial charge < -0.3 is 14.5 Å². The predicted molar refractivity (Wildman–Crippen MR) is 119 cm³/mol. The highest BCUT2D eigenvalue weighted by molar-refractivity contribution is 7.90. The number of ether oxygens (including phenoxy) is 2. The summed E-state index contributed by atoms with van der Waals surface area (Å²) >= 11 is 0. The summed E-state index contributed by atoms with van der Waals surface area (Å²) < 4.78 is 49.1. The van der Waals surface area contributed by atoms with Crippen LogP contribution in [0.1, 0.15) is 0 Å². The Kier molecular flexibility index (Phi) is 5.34. The zero-order valence-electron chi connectivity index (χ0n) is 17.5. The van der Waals surface area contributed by atoms with Crippen molar-refractivity contribution in [2.24, 2.45) is 0 Å². The van der Waals surface area contributed by atoms with Crippen molar-refractivity contribution >= 4 is 20.9 Å². The summed E-state index contributed by atoms with van der Waals surface area (Å²) in [6.45, 7) is 0. The third kappa shape index (κ3) is 4.38. The molecule has 170 valence electrons. The van der Waals surface area contributed by atoms with Crippen LogP contribution in [-0.2, 0) is 9.84 Å². The molecule has 0 aliphatic heterocycles. The first-order valence-corrected chi connectivity index (χ1v) is 11.7. The number of nitrogens with one attached hydrogen (secondary N) is 1. The van der Waals surface area contributed by atoms with Crippen LogP contribution >= 0.6 is 0 Å². The van der Waals surface area contributed by atoms with Gasteiger partial charge >= 0.3 is 0 Å². The van der Waals surface area contributed by atoms with E-state index < -0.39 is 15.8 Å². The number of hydrogen-bond donors (Lipinski definition) is 1. The second kappa shape index (κ2) is 8.48. The Bertz CT molecular complexity index is 1590. The molecule has 0 fully saturated rings. The van der Waals surface area contributed by atoms with Gasteiger partial charge in [0.15, 0.2) is 32.2 Å². The van der Waals surface area contributed by atoms with Crippen molar-refractivity contribution in [2.45, 2.75) is 5.03 Å². The Balaban J connectivity index is 1.57. The molecule has 1 aromatic carbocycles. The minimum Gasteiger partial charge on any atom is -0.456 e. The van der Waals surface area contributed by atoms with Gasteiger partial charge in [0.1, 0.15) is 22.7 Å². The second-order valence-electron chi connectivity index (χ2n) is 7.09. The number of rotatable bonds is 6. The van der Waals surface area contributed by atoms with Gasteiger partial charge in [-0.15, -0.1) is 0 Å². The molecule has 0 atom stereocenters. The zero-order valence-corrected chi connectivity index (χ0v) is 18.3. The minimum atomic E-state index is -3.44. The van der Waals surface area contributed by atoms with Gasteiger partial charge in [0.25, 0.3) is 5.95 Å². The fourth-order valence-electron chi connectivity index (χ4n) is 3.09. The van der Waals surface area contributed by atoms with Crippen LogP contribution in [0.15, 0.2) is 72.4 Å². The predicted octanol–water partition coefficient (Wildman–Crippen LogP) is 3.94. The molecule has 0 radical (unpaired) electrons. The molecule has 34 heavy (non-hydrogen) atoms. The highest BCUT2D eigenvalue weighted by atomic mass is 32.2. The molecule has 4 aromatic heterocycles. The van der Waals surface area contributed by atoms with Crippen LogP contribution in [-0.4, -0.2) is 44.6 Å². The molecule has 0 saturated heterocycles. The number of halogens is 1. The van der Waals surface area contributed by atoms with Crippen LogP contribution in [0, 0.1) is 5.95 Å². The lowest BCUT2D eigenvalue weighted by molar-refractivity contribution is 0.426. The van der Waals surface area contributed by atoms with E-state index in [1.54, 1.807) is 24.5 Å². The minimum absolute atomic E-state index is 0.0754. The molecule has 0 bridgehead atoms. The SMILES string of the molecule is CS(=O)(=O)c1ccc(Oc2cc(Oc3cccnc3F)c3nc(-c4cnccn4)[nH]c3c2)cn1. The summed E-state index contributed by atoms with van der Waals surface area (Å²) in [6, 6.07) is 8.99. The van der Waals surface area contributed by atoms with E-state index in [0.29, 0.717) is 34.1 Å². The molecule has 10 nitrogen and oxygen atoms in total. The summed E-state index contributed by atoms with van der Waals surface area (Å²) in [5.74, 6) is 0.354. The Morgan fingerprint density at radius 2 is 1.79 bits per heavy atom. The summed E-state index contributed by atoms with van der Waals surface area (Å²) in [5, 5.41) is -0.0754. The number of sulfone groups is 1. The second-order valence-corrected chi connectivity index (χ2v) is 9.06. The monoisotopic (exact) mass is 478 g/mol. The lowest BCUT2D eigenvalue weighted by atomic mass is 10.2. The van der Waals surface area contributed by atoms with Gasteiger partial charge in [0.2, 0.25) is 0 Å². The summed E-state index contributed by atoms with van der Waals surface area (Å²) in [5.41, 5.74) is 1.43. The number of aromatic amines is 1. The van der Waals surface area contributed by atoms with E-state index in [1.165, 1.54) is 42.9 Å². The average molecular weight is 478 g/mol. The van der Waals surface area contributed by atoms with E-state index in [1.807, 2.05) is 0 Å². The molecule has 4 heterocycles. The van der Waals surface area contributed by atoms with Gasteiger partial charge in [-0.2, -0.15) is 4.39 Å². The van der Waals surface area contributed by atoms with Crippen LogP contribution in [0.2, 0.25) is 0 Å². The summed E-state index contributed by atoms with van der Waals surface area (Å²) in [6.07, 6.45) is 8.29. The number of fused-ring (bicyclic) bond motifs is 1. The molecule has 0 saturated carbocycles. The Morgan fingerprint density at radius 1 is 0.912 bits per heavy atom. The number of nitrogens with zero attached hydrogens (tertiary/aromatic N) is 5. The molecule has 1 N–H and O–H groups in total. The molecule has 0 amide bonds. The molecule has 0 unspecified atom stereocenters. The van der Waals surface area contributed by atoms with Crippen molar-refractivity contribution < 1.29 is 22.3 Å². The molecule has 0 aliphatic rings. The maximum Gasteiger partial charge on any atom is 0.255 e. The molecule has 0 aliphatic carbocycles. The fraction of sp³-hybridized carbons (Fsp3) is 0.0455. The van der Waals surface area contributed by atoms with Gasteiger partial charge in [-0.05, 0) is 24.3 Å². The number of pyridine rings is 2. The van der Waals surface area contributed by atoms with Crippen molar-refractivity contribution in [3.63, 3.8) is 0 Å². The molecular formula is C22H15FN6O4S. The van der Waals surface area contributed by atoms with Gasteiger partial charge in [0, 0.05) is 37.0 Å². The standard InChI is InChI=1S/C22H15FN6O4S/c1-34(30,31)19-5-4-13(11-27-19)32-14-9-15-20(29-22(28-15)16-12-24-7-8-25-16)18(10-14)33-17-3-2-6-26-21(17)23/h2-12H,1H3,(H,28,29). The maximum atomic E-state index is 14.2. The van der Waals surface area contributed by atoms with Crippen LogP contribution in [0.4, 0.5) is 4.39 Å². The van der Waals surface area contributed by atoms with Crippen molar-refractivity contribution in [2.75, 3.05) is 6.26 Å². The van der Waals surface area contributed by atoms with Gasteiger partial charge in [-0.3, -0.25) is 4.98 Å². The van der Waals surface area contributed by atoms with Crippen LogP contribution in [0.3, 0.4) is 0 Å². The largest absolute Gasteiger partial charge is 0.456 e. The van der Waals surface area contributed by atoms with E-state index in [9.17, 15) is 12.8 Å². The van der Waals surface area contributed by atoms with E-state index in [0.717, 1.165) is 6.26 Å². The van der Waals surface area contributed by atoms with Crippen molar-refractivity contribution in [3.8, 4) is 34.5 Å². The van der Waals surface area contributed by atoms with Crippen molar-refractivity contribution in [3.05, 3.63) is 73.3 Å². The molecular weight excluding hydrogens is 463 g/mol. The number of aromatic nitrogens is 6.